The number of hydrogen-bond acceptors (Lipinski definition) is 5. The monoisotopic (exact) mass is 537 g/mol. The van der Waals surface area contributed by atoms with Crippen LogP contribution in [0.4, 0.5) is 19.3 Å². The van der Waals surface area contributed by atoms with Crippen molar-refractivity contribution in [2.75, 3.05) is 13.2 Å². The maximum Gasteiger partial charge on any atom is 0.410 e. The molecule has 0 aliphatic carbocycles. The molecule has 1 aliphatic rings. The maximum atomic E-state index is 13.9. The molecule has 3 aromatic carbocycles. The maximum absolute atomic E-state index is 13.9. The van der Waals surface area contributed by atoms with E-state index in [1.54, 1.807) is 35.2 Å². The van der Waals surface area contributed by atoms with Crippen LogP contribution >= 0.6 is 0 Å². The summed E-state index contributed by atoms with van der Waals surface area (Å²) in [6.07, 6.45) is 0.897. The Morgan fingerprint density at radius 3 is 2.28 bits per heavy atom. The van der Waals surface area contributed by atoms with E-state index < -0.39 is 16.6 Å². The molecule has 3 aromatic rings. The van der Waals surface area contributed by atoms with E-state index in [2.05, 4.69) is 4.90 Å². The fourth-order valence-corrected chi connectivity index (χ4v) is 4.84. The van der Waals surface area contributed by atoms with Crippen LogP contribution in [0.15, 0.2) is 66.7 Å². The van der Waals surface area contributed by atoms with Crippen LogP contribution in [0.2, 0.25) is 0 Å². The van der Waals surface area contributed by atoms with Crippen molar-refractivity contribution in [2.24, 2.45) is 0 Å². The van der Waals surface area contributed by atoms with E-state index in [-0.39, 0.29) is 36.5 Å². The summed E-state index contributed by atoms with van der Waals surface area (Å²) in [5, 5.41) is 11.0. The Balaban J connectivity index is 1.43. The molecule has 0 fully saturated rings. The molecule has 1 atom stereocenters. The van der Waals surface area contributed by atoms with Crippen LogP contribution in [0, 0.1) is 21.7 Å². The molecule has 0 saturated carbocycles. The molecule has 1 heterocycles. The number of benzene rings is 3. The molecule has 1 amide bonds. The van der Waals surface area contributed by atoms with E-state index in [4.69, 9.17) is 4.74 Å². The average molecular weight is 538 g/mol. The predicted molar refractivity (Wildman–Crippen MR) is 144 cm³/mol. The Morgan fingerprint density at radius 1 is 1.00 bits per heavy atom. The second-order valence-electron chi connectivity index (χ2n) is 10.9. The number of ether oxygens (including phenoxy) is 1. The smallest absolute Gasteiger partial charge is 0.410 e. The zero-order chi connectivity index (χ0) is 28.2. The Hall–Kier alpha value is -3.85. The predicted octanol–water partition coefficient (Wildman–Crippen LogP) is 6.28. The van der Waals surface area contributed by atoms with Gasteiger partial charge < -0.3 is 4.74 Å². The lowest BCUT2D eigenvalue weighted by Gasteiger charge is -2.38. The summed E-state index contributed by atoms with van der Waals surface area (Å²) in [5.41, 5.74) is 3.18. The van der Waals surface area contributed by atoms with Gasteiger partial charge in [-0.05, 0) is 80.1 Å². The van der Waals surface area contributed by atoms with Crippen molar-refractivity contribution in [1.29, 1.82) is 0 Å². The van der Waals surface area contributed by atoms with Crippen LogP contribution < -0.4 is 0 Å². The summed E-state index contributed by atoms with van der Waals surface area (Å²) >= 11 is 0. The summed E-state index contributed by atoms with van der Waals surface area (Å²) in [5.74, 6) is -0.576. The molecule has 7 nitrogen and oxygen atoms in total. The summed E-state index contributed by atoms with van der Waals surface area (Å²) in [7, 11) is 0. The topological polar surface area (TPSA) is 75.9 Å². The molecule has 4 rings (SSSR count). The van der Waals surface area contributed by atoms with Gasteiger partial charge in [0.05, 0.1) is 4.92 Å². The number of nitrogens with zero attached hydrogens (tertiary/aromatic N) is 3. The number of carbonyl (C=O) groups is 1. The highest BCUT2D eigenvalue weighted by Crippen LogP contribution is 2.27. The Kier molecular flexibility index (Phi) is 8.60. The van der Waals surface area contributed by atoms with Crippen molar-refractivity contribution in [1.82, 2.24) is 9.80 Å². The highest BCUT2D eigenvalue weighted by atomic mass is 19.1. The number of amides is 1. The average Bonchev–Trinajstić information content (AvgIpc) is 2.88. The molecule has 0 N–H and O–H groups in total. The van der Waals surface area contributed by atoms with Crippen LogP contribution in [-0.4, -0.2) is 45.5 Å². The molecule has 0 bridgehead atoms. The normalized spacial score (nSPS) is 15.5. The minimum absolute atomic E-state index is 0.0122. The summed E-state index contributed by atoms with van der Waals surface area (Å²) in [6, 6.07) is 17.4. The van der Waals surface area contributed by atoms with E-state index >= 15 is 0 Å². The number of carbonyl (C=O) groups excluding carboxylic acids is 1. The first-order valence-electron chi connectivity index (χ1n) is 12.9. The Labute approximate surface area is 227 Å². The third-order valence-corrected chi connectivity index (χ3v) is 7.02. The third kappa shape index (κ3) is 7.38. The first kappa shape index (κ1) is 28.2. The fourth-order valence-electron chi connectivity index (χ4n) is 4.84. The number of nitro benzene ring substituents is 1. The van der Waals surface area contributed by atoms with E-state index in [0.717, 1.165) is 22.3 Å². The number of hydrogen-bond donors (Lipinski definition) is 0. The molecule has 0 spiro atoms. The van der Waals surface area contributed by atoms with Gasteiger partial charge in [-0.15, -0.1) is 0 Å². The SMILES string of the molecule is CC(C)(C)N(Cc1ccc([N+](=O)[O-])cc1)C(=O)OCCN1Cc2cc(F)ccc2CC1Cc1ccc(F)cc1. The van der Waals surface area contributed by atoms with Gasteiger partial charge in [-0.3, -0.25) is 19.9 Å². The number of fused-ring (bicyclic) bond motifs is 1. The van der Waals surface area contributed by atoms with Gasteiger partial charge in [0.2, 0.25) is 0 Å². The quantitative estimate of drug-likeness (QED) is 0.250. The fraction of sp³-hybridized carbons (Fsp3) is 0.367. The number of rotatable bonds is 8. The van der Waals surface area contributed by atoms with Gasteiger partial charge in [0, 0.05) is 43.3 Å². The molecular formula is C30H33F2N3O4. The van der Waals surface area contributed by atoms with Crippen molar-refractivity contribution in [3.63, 3.8) is 0 Å². The van der Waals surface area contributed by atoms with E-state index in [9.17, 15) is 23.7 Å². The molecule has 39 heavy (non-hydrogen) atoms. The second kappa shape index (κ2) is 11.9. The first-order valence-corrected chi connectivity index (χ1v) is 12.9. The number of nitro groups is 1. The van der Waals surface area contributed by atoms with Gasteiger partial charge >= 0.3 is 6.09 Å². The molecule has 1 aliphatic heterocycles. The lowest BCUT2D eigenvalue weighted by Crippen LogP contribution is -2.47. The molecule has 206 valence electrons. The highest BCUT2D eigenvalue weighted by Gasteiger charge is 2.30. The minimum atomic E-state index is -0.550. The molecule has 0 aromatic heterocycles. The van der Waals surface area contributed by atoms with Crippen LogP contribution in [0.3, 0.4) is 0 Å². The van der Waals surface area contributed by atoms with Crippen LogP contribution in [0.5, 0.6) is 0 Å². The zero-order valence-electron chi connectivity index (χ0n) is 22.4. The van der Waals surface area contributed by atoms with Crippen molar-refractivity contribution >= 4 is 11.8 Å². The highest BCUT2D eigenvalue weighted by molar-refractivity contribution is 5.68. The van der Waals surface area contributed by atoms with Gasteiger partial charge in [-0.1, -0.05) is 30.3 Å². The van der Waals surface area contributed by atoms with Crippen molar-refractivity contribution in [3.8, 4) is 0 Å². The molecule has 1 unspecified atom stereocenters. The van der Waals surface area contributed by atoms with Crippen molar-refractivity contribution < 1.29 is 23.2 Å². The summed E-state index contributed by atoms with van der Waals surface area (Å²) in [4.78, 5) is 27.4. The van der Waals surface area contributed by atoms with Crippen LogP contribution in [0.25, 0.3) is 0 Å². The van der Waals surface area contributed by atoms with E-state index in [1.807, 2.05) is 26.8 Å². The van der Waals surface area contributed by atoms with Gasteiger partial charge in [-0.2, -0.15) is 0 Å². The van der Waals surface area contributed by atoms with Crippen LogP contribution in [-0.2, 0) is 30.7 Å². The molecule has 0 radical (unpaired) electrons. The Bertz CT molecular complexity index is 1310. The number of halogens is 2. The largest absolute Gasteiger partial charge is 0.448 e. The van der Waals surface area contributed by atoms with Gasteiger partial charge in [0.1, 0.15) is 18.2 Å². The Morgan fingerprint density at radius 2 is 1.64 bits per heavy atom. The third-order valence-electron chi connectivity index (χ3n) is 7.02. The molecule has 0 saturated heterocycles. The van der Waals surface area contributed by atoms with Crippen LogP contribution in [0.1, 0.15) is 43.0 Å². The van der Waals surface area contributed by atoms with Gasteiger partial charge in [0.15, 0.2) is 0 Å². The summed E-state index contributed by atoms with van der Waals surface area (Å²) < 4.78 is 33.1. The van der Waals surface area contributed by atoms with Gasteiger partial charge in [0.25, 0.3) is 5.69 Å². The number of non-ortho nitro benzene ring substituents is 1. The molecule has 9 heteroatoms. The molecular weight excluding hydrogens is 504 g/mol. The minimum Gasteiger partial charge on any atom is -0.448 e. The lowest BCUT2D eigenvalue weighted by molar-refractivity contribution is -0.384. The van der Waals surface area contributed by atoms with Crippen molar-refractivity contribution in [2.45, 2.75) is 58.3 Å². The van der Waals surface area contributed by atoms with Crippen molar-refractivity contribution in [3.05, 3.63) is 111 Å². The summed E-state index contributed by atoms with van der Waals surface area (Å²) in [6.45, 7) is 7.03. The van der Waals surface area contributed by atoms with E-state index in [0.29, 0.717) is 25.9 Å². The lowest BCUT2D eigenvalue weighted by atomic mass is 9.90. The second-order valence-corrected chi connectivity index (χ2v) is 10.9. The zero-order valence-corrected chi connectivity index (χ0v) is 22.4. The van der Waals surface area contributed by atoms with Gasteiger partial charge in [-0.25, -0.2) is 13.6 Å². The standard InChI is InChI=1S/C30H33F2N3O4/c1-30(2,3)34(19-22-6-12-27(13-7-22)35(37)38)29(36)39-15-14-33-20-24-17-26(32)11-8-23(24)18-28(33)16-21-4-9-25(31)10-5-21/h4-13,17,28H,14-16,18-20H2,1-3H3. The van der Waals surface area contributed by atoms with E-state index in [1.165, 1.54) is 30.3 Å². The first-order chi connectivity index (χ1) is 18.5.